The summed E-state index contributed by atoms with van der Waals surface area (Å²) in [6.45, 7) is 1.77. The Labute approximate surface area is 124 Å². The number of aromatic nitrogens is 2. The molecule has 0 spiro atoms. The highest BCUT2D eigenvalue weighted by Crippen LogP contribution is 2.21. The fourth-order valence-electron chi connectivity index (χ4n) is 2.43. The second-order valence-corrected chi connectivity index (χ2v) is 5.07. The van der Waals surface area contributed by atoms with Crippen LogP contribution in [-0.2, 0) is 6.54 Å². The minimum atomic E-state index is -0.563. The van der Waals surface area contributed by atoms with Crippen LogP contribution >= 0.6 is 0 Å². The topological polar surface area (TPSA) is 92.2 Å². The monoisotopic (exact) mass is 299 g/mol. The number of benzene rings is 1. The summed E-state index contributed by atoms with van der Waals surface area (Å²) < 4.78 is 1.28. The Hall–Kier alpha value is -2.96. The number of hydrogen-bond acceptors (Lipinski definition) is 4. The van der Waals surface area contributed by atoms with E-state index in [0.717, 1.165) is 4.90 Å². The van der Waals surface area contributed by atoms with Crippen molar-refractivity contribution in [2.24, 2.45) is 0 Å². The van der Waals surface area contributed by atoms with Crippen LogP contribution in [-0.4, -0.2) is 32.8 Å². The maximum absolute atomic E-state index is 12.2. The largest absolute Gasteiger partial charge is 0.328 e. The third-order valence-electron chi connectivity index (χ3n) is 3.63. The van der Waals surface area contributed by atoms with E-state index in [1.165, 1.54) is 10.8 Å². The molecule has 1 aromatic heterocycles. The van der Waals surface area contributed by atoms with Crippen LogP contribution in [0.3, 0.4) is 0 Å². The molecule has 3 rings (SSSR count). The van der Waals surface area contributed by atoms with Crippen molar-refractivity contribution in [2.45, 2.75) is 13.5 Å². The molecule has 0 bridgehead atoms. The fraction of sp³-hybridized carbons (Fsp3) is 0.200. The Kier molecular flexibility index (Phi) is 3.25. The molecule has 1 aliphatic heterocycles. The predicted octanol–water partition coefficient (Wildman–Crippen LogP) is 0.141. The van der Waals surface area contributed by atoms with E-state index in [4.69, 9.17) is 0 Å². The van der Waals surface area contributed by atoms with Gasteiger partial charge in [0.15, 0.2) is 0 Å². The molecule has 2 aromatic rings. The van der Waals surface area contributed by atoms with Crippen LogP contribution < -0.4 is 11.2 Å². The molecule has 0 saturated carbocycles. The van der Waals surface area contributed by atoms with E-state index >= 15 is 0 Å². The zero-order valence-electron chi connectivity index (χ0n) is 11.8. The van der Waals surface area contributed by atoms with E-state index in [1.807, 2.05) is 0 Å². The van der Waals surface area contributed by atoms with E-state index in [2.05, 4.69) is 4.98 Å². The van der Waals surface area contributed by atoms with E-state index < -0.39 is 11.2 Å². The van der Waals surface area contributed by atoms with Gasteiger partial charge in [-0.2, -0.15) is 0 Å². The molecule has 2 amide bonds. The maximum Gasteiger partial charge on any atom is 0.328 e. The summed E-state index contributed by atoms with van der Waals surface area (Å²) in [5.74, 6) is -0.732. The number of amides is 2. The highest BCUT2D eigenvalue weighted by Gasteiger charge is 2.34. The number of hydrogen-bond donors (Lipinski definition) is 1. The molecule has 7 heteroatoms. The number of nitrogens with zero attached hydrogens (tertiary/aromatic N) is 2. The summed E-state index contributed by atoms with van der Waals surface area (Å²) in [6.07, 6.45) is 1.42. The van der Waals surface area contributed by atoms with Gasteiger partial charge < -0.3 is 0 Å². The van der Waals surface area contributed by atoms with Gasteiger partial charge in [-0.1, -0.05) is 12.1 Å². The first kappa shape index (κ1) is 14.0. The van der Waals surface area contributed by atoms with Crippen molar-refractivity contribution in [1.29, 1.82) is 0 Å². The maximum atomic E-state index is 12.2. The summed E-state index contributed by atoms with van der Waals surface area (Å²) in [6, 6.07) is 6.60. The van der Waals surface area contributed by atoms with Crippen LogP contribution in [0.4, 0.5) is 0 Å². The van der Waals surface area contributed by atoms with E-state index in [1.54, 1.807) is 31.2 Å². The molecule has 112 valence electrons. The SMILES string of the molecule is Cc1cn(CCN2C(=O)c3ccccc3C2=O)c(=O)[nH]c1=O. The van der Waals surface area contributed by atoms with Crippen LogP contribution in [0.2, 0.25) is 0 Å². The van der Waals surface area contributed by atoms with Gasteiger partial charge in [0.2, 0.25) is 0 Å². The third kappa shape index (κ3) is 2.16. The number of imide groups is 1. The number of aromatic amines is 1. The van der Waals surface area contributed by atoms with Gasteiger partial charge in [-0.25, -0.2) is 4.79 Å². The molecule has 0 unspecified atom stereocenters. The van der Waals surface area contributed by atoms with Gasteiger partial charge in [0.1, 0.15) is 0 Å². The summed E-state index contributed by atoms with van der Waals surface area (Å²) in [4.78, 5) is 50.7. The van der Waals surface area contributed by atoms with Gasteiger partial charge in [0, 0.05) is 24.8 Å². The van der Waals surface area contributed by atoms with Crippen LogP contribution in [0.5, 0.6) is 0 Å². The van der Waals surface area contributed by atoms with Gasteiger partial charge >= 0.3 is 5.69 Å². The van der Waals surface area contributed by atoms with Crippen LogP contribution in [0.15, 0.2) is 40.1 Å². The smallest absolute Gasteiger partial charge is 0.299 e. The number of fused-ring (bicyclic) bond motifs is 1. The molecule has 0 aliphatic carbocycles. The molecule has 2 heterocycles. The Bertz CT molecular complexity index is 859. The number of carbonyl (C=O) groups is 2. The molecular formula is C15H13N3O4. The van der Waals surface area contributed by atoms with Crippen LogP contribution in [0, 0.1) is 6.92 Å². The molecule has 0 saturated heterocycles. The minimum Gasteiger partial charge on any atom is -0.299 e. The number of H-pyrrole nitrogens is 1. The zero-order valence-corrected chi connectivity index (χ0v) is 11.8. The van der Waals surface area contributed by atoms with Crippen molar-refractivity contribution in [3.05, 3.63) is 68.0 Å². The normalized spacial score (nSPS) is 13.6. The van der Waals surface area contributed by atoms with Gasteiger partial charge in [-0.15, -0.1) is 0 Å². The molecule has 0 atom stereocenters. The zero-order chi connectivity index (χ0) is 15.9. The van der Waals surface area contributed by atoms with Crippen molar-refractivity contribution in [3.63, 3.8) is 0 Å². The molecule has 1 aliphatic rings. The highest BCUT2D eigenvalue weighted by molar-refractivity contribution is 6.21. The van der Waals surface area contributed by atoms with Crippen molar-refractivity contribution in [2.75, 3.05) is 6.54 Å². The molecule has 7 nitrogen and oxygen atoms in total. The number of rotatable bonds is 3. The molecular weight excluding hydrogens is 286 g/mol. The average molecular weight is 299 g/mol. The molecule has 22 heavy (non-hydrogen) atoms. The number of carbonyl (C=O) groups excluding carboxylic acids is 2. The first-order valence-corrected chi connectivity index (χ1v) is 6.74. The third-order valence-corrected chi connectivity index (χ3v) is 3.63. The standard InChI is InChI=1S/C15H13N3O4/c1-9-8-17(15(22)16-12(9)19)6-7-18-13(20)10-4-2-3-5-11(10)14(18)21/h2-5,8H,6-7H2,1H3,(H,16,19,22). The van der Waals surface area contributed by atoms with Gasteiger partial charge in [-0.05, 0) is 19.1 Å². The van der Waals surface area contributed by atoms with E-state index in [9.17, 15) is 19.2 Å². The molecule has 1 N–H and O–H groups in total. The molecule has 0 radical (unpaired) electrons. The molecule has 1 aromatic carbocycles. The number of nitrogens with one attached hydrogen (secondary N) is 1. The van der Waals surface area contributed by atoms with Crippen molar-refractivity contribution >= 4 is 11.8 Å². The Morgan fingerprint density at radius 2 is 1.55 bits per heavy atom. The Balaban J connectivity index is 1.83. The van der Waals surface area contributed by atoms with Crippen LogP contribution in [0.25, 0.3) is 0 Å². The first-order valence-electron chi connectivity index (χ1n) is 6.74. The predicted molar refractivity (Wildman–Crippen MR) is 77.9 cm³/mol. The summed E-state index contributed by atoms with van der Waals surface area (Å²) >= 11 is 0. The lowest BCUT2D eigenvalue weighted by molar-refractivity contribution is 0.0648. The first-order chi connectivity index (χ1) is 10.5. The lowest BCUT2D eigenvalue weighted by Crippen LogP contribution is -2.37. The van der Waals surface area contributed by atoms with Crippen molar-refractivity contribution in [3.8, 4) is 0 Å². The Morgan fingerprint density at radius 3 is 2.14 bits per heavy atom. The van der Waals surface area contributed by atoms with Gasteiger partial charge in [0.25, 0.3) is 17.4 Å². The number of aryl methyl sites for hydroxylation is 1. The second-order valence-electron chi connectivity index (χ2n) is 5.07. The lowest BCUT2D eigenvalue weighted by Gasteiger charge is -2.14. The van der Waals surface area contributed by atoms with Crippen LogP contribution in [0.1, 0.15) is 26.3 Å². The van der Waals surface area contributed by atoms with E-state index in [-0.39, 0.29) is 24.9 Å². The van der Waals surface area contributed by atoms with Crippen molar-refractivity contribution < 1.29 is 9.59 Å². The average Bonchev–Trinajstić information content (AvgIpc) is 2.74. The van der Waals surface area contributed by atoms with Gasteiger partial charge in [-0.3, -0.25) is 28.8 Å². The lowest BCUT2D eigenvalue weighted by atomic mass is 10.1. The highest BCUT2D eigenvalue weighted by atomic mass is 16.2. The Morgan fingerprint density at radius 1 is 0.955 bits per heavy atom. The second kappa shape index (κ2) is 5.10. The van der Waals surface area contributed by atoms with Gasteiger partial charge in [0.05, 0.1) is 11.1 Å². The quantitative estimate of drug-likeness (QED) is 0.816. The summed E-state index contributed by atoms with van der Waals surface area (Å²) in [5, 5.41) is 0. The summed E-state index contributed by atoms with van der Waals surface area (Å²) in [5.41, 5.74) is 0.131. The van der Waals surface area contributed by atoms with E-state index in [0.29, 0.717) is 16.7 Å². The van der Waals surface area contributed by atoms with Crippen molar-refractivity contribution in [1.82, 2.24) is 14.5 Å². The molecule has 0 fully saturated rings. The summed E-state index contributed by atoms with van der Waals surface area (Å²) in [7, 11) is 0. The minimum absolute atomic E-state index is 0.0672. The fourth-order valence-corrected chi connectivity index (χ4v) is 2.43.